The molecule has 0 radical (unpaired) electrons. The van der Waals surface area contributed by atoms with Crippen molar-refractivity contribution in [1.29, 1.82) is 0 Å². The molecule has 2 rings (SSSR count). The van der Waals surface area contributed by atoms with Crippen molar-refractivity contribution in [2.24, 2.45) is 5.73 Å². The van der Waals surface area contributed by atoms with Gasteiger partial charge in [-0.05, 0) is 43.7 Å². The first kappa shape index (κ1) is 18.3. The van der Waals surface area contributed by atoms with Gasteiger partial charge in [0.2, 0.25) is 0 Å². The lowest BCUT2D eigenvalue weighted by Crippen LogP contribution is -2.50. The number of nitrogens with two attached hydrogens (primary N) is 1. The Kier molecular flexibility index (Phi) is 6.09. The lowest BCUT2D eigenvalue weighted by molar-refractivity contribution is -0.137. The topological polar surface area (TPSA) is 35.2 Å². The van der Waals surface area contributed by atoms with Crippen LogP contribution >= 0.6 is 0 Å². The number of rotatable bonds is 8. The van der Waals surface area contributed by atoms with E-state index in [9.17, 15) is 13.2 Å². The third-order valence-electron chi connectivity index (χ3n) is 4.87. The van der Waals surface area contributed by atoms with Crippen LogP contribution < -0.4 is 5.73 Å². The monoisotopic (exact) mass is 329 g/mol. The molecule has 2 N–H and O–H groups in total. The van der Waals surface area contributed by atoms with Crippen LogP contribution in [-0.4, -0.2) is 19.3 Å². The molecule has 1 fully saturated rings. The highest BCUT2D eigenvalue weighted by molar-refractivity contribution is 5.35. The average Bonchev–Trinajstić information content (AvgIpc) is 2.45. The Hall–Kier alpha value is -1.07. The normalized spacial score (nSPS) is 18.5. The Morgan fingerprint density at radius 3 is 2.57 bits per heavy atom. The first-order valence-corrected chi connectivity index (χ1v) is 8.41. The number of halogens is 3. The second-order valence-electron chi connectivity index (χ2n) is 6.45. The maximum Gasteiger partial charge on any atom is 0.416 e. The van der Waals surface area contributed by atoms with Crippen LogP contribution in [0.3, 0.4) is 0 Å². The standard InChI is InChI=1S/C18H26F3NO/c1-2-11-23-12-4-8-16(22)17(9-5-10-17)14-6-3-7-15(13-14)18(19,20)21/h3,6-7,13,16H,2,4-5,8-12,22H2,1H3. The summed E-state index contributed by atoms with van der Waals surface area (Å²) in [7, 11) is 0. The second-order valence-corrected chi connectivity index (χ2v) is 6.45. The molecule has 0 amide bonds. The highest BCUT2D eigenvalue weighted by atomic mass is 19.4. The molecule has 130 valence electrons. The Bertz CT molecular complexity index is 497. The summed E-state index contributed by atoms with van der Waals surface area (Å²) in [4.78, 5) is 0. The summed E-state index contributed by atoms with van der Waals surface area (Å²) in [6.45, 7) is 3.47. The van der Waals surface area contributed by atoms with Gasteiger partial charge >= 0.3 is 6.18 Å². The smallest absolute Gasteiger partial charge is 0.381 e. The number of benzene rings is 1. The van der Waals surface area contributed by atoms with Crippen molar-refractivity contribution in [3.63, 3.8) is 0 Å². The van der Waals surface area contributed by atoms with Gasteiger partial charge in [-0.25, -0.2) is 0 Å². The zero-order valence-electron chi connectivity index (χ0n) is 13.7. The van der Waals surface area contributed by atoms with E-state index >= 15 is 0 Å². The summed E-state index contributed by atoms with van der Waals surface area (Å²) in [5.74, 6) is 0. The van der Waals surface area contributed by atoms with E-state index in [4.69, 9.17) is 10.5 Å². The van der Waals surface area contributed by atoms with E-state index < -0.39 is 11.7 Å². The van der Waals surface area contributed by atoms with E-state index in [2.05, 4.69) is 6.92 Å². The molecule has 0 heterocycles. The van der Waals surface area contributed by atoms with Crippen LogP contribution in [0.2, 0.25) is 0 Å². The largest absolute Gasteiger partial charge is 0.416 e. The molecule has 0 spiro atoms. The number of hydrogen-bond donors (Lipinski definition) is 1. The van der Waals surface area contributed by atoms with Gasteiger partial charge in [-0.1, -0.05) is 31.5 Å². The molecule has 0 aromatic heterocycles. The molecule has 1 aliphatic rings. The average molecular weight is 329 g/mol. The van der Waals surface area contributed by atoms with Gasteiger partial charge < -0.3 is 10.5 Å². The summed E-state index contributed by atoms with van der Waals surface area (Å²) < 4.78 is 44.3. The summed E-state index contributed by atoms with van der Waals surface area (Å²) in [5, 5.41) is 0. The fourth-order valence-corrected chi connectivity index (χ4v) is 3.36. The van der Waals surface area contributed by atoms with Gasteiger partial charge in [0.25, 0.3) is 0 Å². The number of ether oxygens (including phenoxy) is 1. The van der Waals surface area contributed by atoms with E-state index in [0.29, 0.717) is 6.61 Å². The summed E-state index contributed by atoms with van der Waals surface area (Å²) in [6, 6.07) is 5.58. The van der Waals surface area contributed by atoms with Gasteiger partial charge in [-0.15, -0.1) is 0 Å². The second kappa shape index (κ2) is 7.67. The SMILES string of the molecule is CCCOCCCC(N)C1(c2cccc(C(F)(F)F)c2)CCC1. The third kappa shape index (κ3) is 4.27. The molecule has 0 saturated heterocycles. The van der Waals surface area contributed by atoms with Gasteiger partial charge in [0, 0.05) is 24.7 Å². The Balaban J connectivity index is 2.05. The third-order valence-corrected chi connectivity index (χ3v) is 4.87. The summed E-state index contributed by atoms with van der Waals surface area (Å²) >= 11 is 0. The highest BCUT2D eigenvalue weighted by Gasteiger charge is 2.44. The molecule has 1 aliphatic carbocycles. The van der Waals surface area contributed by atoms with Crippen LogP contribution in [0.15, 0.2) is 24.3 Å². The predicted octanol–water partition coefficient (Wildman–Crippen LogP) is 4.66. The molecular weight excluding hydrogens is 303 g/mol. The minimum atomic E-state index is -4.31. The van der Waals surface area contributed by atoms with E-state index in [-0.39, 0.29) is 11.5 Å². The minimum absolute atomic E-state index is 0.120. The summed E-state index contributed by atoms with van der Waals surface area (Å²) in [5.41, 5.74) is 6.24. The predicted molar refractivity (Wildman–Crippen MR) is 85.3 cm³/mol. The van der Waals surface area contributed by atoms with Crippen molar-refractivity contribution in [1.82, 2.24) is 0 Å². The molecule has 5 heteroatoms. The first-order chi connectivity index (χ1) is 10.9. The van der Waals surface area contributed by atoms with Crippen LogP contribution in [0, 0.1) is 0 Å². The van der Waals surface area contributed by atoms with Gasteiger partial charge in [0.1, 0.15) is 0 Å². The number of hydrogen-bond acceptors (Lipinski definition) is 2. The van der Waals surface area contributed by atoms with Crippen LogP contribution in [0.25, 0.3) is 0 Å². The van der Waals surface area contributed by atoms with Gasteiger partial charge in [-0.2, -0.15) is 13.2 Å². The molecule has 2 nitrogen and oxygen atoms in total. The van der Waals surface area contributed by atoms with Crippen LogP contribution in [0.5, 0.6) is 0 Å². The molecule has 1 saturated carbocycles. The highest BCUT2D eigenvalue weighted by Crippen LogP contribution is 2.47. The fourth-order valence-electron chi connectivity index (χ4n) is 3.36. The van der Waals surface area contributed by atoms with E-state index in [1.165, 1.54) is 12.1 Å². The molecule has 1 atom stereocenters. The molecule has 1 aromatic carbocycles. The van der Waals surface area contributed by atoms with Crippen molar-refractivity contribution in [2.75, 3.05) is 13.2 Å². The van der Waals surface area contributed by atoms with E-state index in [1.54, 1.807) is 6.07 Å². The van der Waals surface area contributed by atoms with E-state index in [0.717, 1.165) is 56.8 Å². The van der Waals surface area contributed by atoms with Crippen molar-refractivity contribution >= 4 is 0 Å². The molecule has 0 aliphatic heterocycles. The lowest BCUT2D eigenvalue weighted by atomic mass is 9.59. The Morgan fingerprint density at radius 1 is 1.26 bits per heavy atom. The van der Waals surface area contributed by atoms with Crippen LogP contribution in [0.1, 0.15) is 56.6 Å². The quantitative estimate of drug-likeness (QED) is 0.704. The molecule has 1 unspecified atom stereocenters. The van der Waals surface area contributed by atoms with E-state index in [1.807, 2.05) is 0 Å². The van der Waals surface area contributed by atoms with Crippen molar-refractivity contribution in [3.05, 3.63) is 35.4 Å². The molecular formula is C18H26F3NO. The van der Waals surface area contributed by atoms with Crippen molar-refractivity contribution in [3.8, 4) is 0 Å². The minimum Gasteiger partial charge on any atom is -0.381 e. The van der Waals surface area contributed by atoms with Gasteiger partial charge in [0.15, 0.2) is 0 Å². The Labute approximate surface area is 136 Å². The van der Waals surface area contributed by atoms with Gasteiger partial charge in [-0.3, -0.25) is 0 Å². The molecule has 1 aromatic rings. The molecule has 0 bridgehead atoms. The van der Waals surface area contributed by atoms with Crippen LogP contribution in [-0.2, 0) is 16.3 Å². The van der Waals surface area contributed by atoms with Gasteiger partial charge in [0.05, 0.1) is 5.56 Å². The lowest BCUT2D eigenvalue weighted by Gasteiger charge is -2.47. The zero-order chi connectivity index (χ0) is 16.9. The fraction of sp³-hybridized carbons (Fsp3) is 0.667. The number of alkyl halides is 3. The van der Waals surface area contributed by atoms with Crippen molar-refractivity contribution < 1.29 is 17.9 Å². The maximum atomic E-state index is 13.0. The maximum absolute atomic E-state index is 13.0. The van der Waals surface area contributed by atoms with Crippen molar-refractivity contribution in [2.45, 2.75) is 63.1 Å². The zero-order valence-corrected chi connectivity index (χ0v) is 13.7. The first-order valence-electron chi connectivity index (χ1n) is 8.41. The summed E-state index contributed by atoms with van der Waals surface area (Å²) in [6.07, 6.45) is 1.06. The Morgan fingerprint density at radius 2 is 2.00 bits per heavy atom. The molecule has 23 heavy (non-hydrogen) atoms. The van der Waals surface area contributed by atoms with Crippen LogP contribution in [0.4, 0.5) is 13.2 Å².